The summed E-state index contributed by atoms with van der Waals surface area (Å²) in [7, 11) is 0. The van der Waals surface area contributed by atoms with Crippen LogP contribution in [-0.4, -0.2) is 27.7 Å². The molecule has 1 heterocycles. The van der Waals surface area contributed by atoms with Gasteiger partial charge < -0.3 is 5.11 Å². The molecule has 0 radical (unpaired) electrons. The predicted molar refractivity (Wildman–Crippen MR) is 71.6 cm³/mol. The molecular formula is C13H17NO2S. The number of carbonyl (C=O) groups is 1. The zero-order chi connectivity index (χ0) is 12.7. The fraction of sp³-hybridized carbons (Fsp3) is 0.538. The summed E-state index contributed by atoms with van der Waals surface area (Å²) in [6.45, 7) is 4.22. The smallest absolute Gasteiger partial charge is 0.219 e. The lowest BCUT2D eigenvalue weighted by Crippen LogP contribution is -2.37. The van der Waals surface area contributed by atoms with Crippen LogP contribution in [0.4, 0.5) is 0 Å². The van der Waals surface area contributed by atoms with Gasteiger partial charge in [-0.1, -0.05) is 6.08 Å². The molecule has 1 aliphatic heterocycles. The standard InChI is InChI=1S/C13H17NO2S/c1-12(2)6-7-13(11(14-12)17-3)5-4-9(15)10(16)8-13/h4-5,8,16H,6-7H2,1-3H3. The van der Waals surface area contributed by atoms with Crippen molar-refractivity contribution in [1.29, 1.82) is 0 Å². The number of allylic oxidation sites excluding steroid dienone is 3. The highest BCUT2D eigenvalue weighted by Gasteiger charge is 2.40. The van der Waals surface area contributed by atoms with Crippen molar-refractivity contribution in [1.82, 2.24) is 0 Å². The second-order valence-corrected chi connectivity index (χ2v) is 6.00. The Morgan fingerprint density at radius 3 is 2.71 bits per heavy atom. The predicted octanol–water partition coefficient (Wildman–Crippen LogP) is 2.89. The van der Waals surface area contributed by atoms with E-state index in [0.29, 0.717) is 0 Å². The molecule has 3 nitrogen and oxygen atoms in total. The van der Waals surface area contributed by atoms with Gasteiger partial charge in [-0.3, -0.25) is 9.79 Å². The zero-order valence-electron chi connectivity index (χ0n) is 10.4. The molecule has 0 saturated heterocycles. The quantitative estimate of drug-likeness (QED) is 0.720. The molecular weight excluding hydrogens is 234 g/mol. The van der Waals surface area contributed by atoms with Crippen LogP contribution in [0, 0.1) is 5.41 Å². The molecule has 2 aliphatic rings. The molecule has 0 amide bonds. The van der Waals surface area contributed by atoms with Gasteiger partial charge >= 0.3 is 0 Å². The Bertz CT molecular complexity index is 448. The van der Waals surface area contributed by atoms with Crippen molar-refractivity contribution in [3.8, 4) is 0 Å². The third-order valence-corrected chi connectivity index (χ3v) is 4.18. The van der Waals surface area contributed by atoms with Gasteiger partial charge in [-0.05, 0) is 45.1 Å². The lowest BCUT2D eigenvalue weighted by Gasteiger charge is -2.39. The first-order valence-electron chi connectivity index (χ1n) is 5.68. The Hall–Kier alpha value is -1.03. The van der Waals surface area contributed by atoms with Gasteiger partial charge in [-0.15, -0.1) is 11.8 Å². The van der Waals surface area contributed by atoms with E-state index in [9.17, 15) is 9.90 Å². The summed E-state index contributed by atoms with van der Waals surface area (Å²) in [4.78, 5) is 16.0. The van der Waals surface area contributed by atoms with Gasteiger partial charge in [-0.25, -0.2) is 0 Å². The number of rotatable bonds is 0. The lowest BCUT2D eigenvalue weighted by molar-refractivity contribution is -0.113. The molecule has 0 saturated carbocycles. The minimum atomic E-state index is -0.368. The van der Waals surface area contributed by atoms with E-state index >= 15 is 0 Å². The Labute approximate surface area is 106 Å². The van der Waals surface area contributed by atoms with Crippen molar-refractivity contribution < 1.29 is 9.90 Å². The van der Waals surface area contributed by atoms with Crippen LogP contribution in [0.15, 0.2) is 29.0 Å². The second kappa shape index (κ2) is 4.02. The number of hydrogen-bond acceptors (Lipinski definition) is 4. The molecule has 1 spiro atoms. The molecule has 92 valence electrons. The highest BCUT2D eigenvalue weighted by Crippen LogP contribution is 2.43. The summed E-state index contributed by atoms with van der Waals surface area (Å²) in [5, 5.41) is 10.6. The van der Waals surface area contributed by atoms with E-state index in [1.165, 1.54) is 6.08 Å². The van der Waals surface area contributed by atoms with E-state index in [1.807, 2.05) is 12.3 Å². The number of nitrogens with zero attached hydrogens (tertiary/aromatic N) is 1. The average molecular weight is 251 g/mol. The second-order valence-electron chi connectivity index (χ2n) is 5.20. The van der Waals surface area contributed by atoms with Gasteiger partial charge in [0.05, 0.1) is 16.0 Å². The summed E-state index contributed by atoms with van der Waals surface area (Å²) < 4.78 is 0. The average Bonchev–Trinajstić information content (AvgIpc) is 2.27. The Balaban J connectivity index is 2.46. The van der Waals surface area contributed by atoms with Crippen molar-refractivity contribution in [2.24, 2.45) is 10.4 Å². The third-order valence-electron chi connectivity index (χ3n) is 3.33. The number of aliphatic imine (C=N–C) groups is 1. The van der Waals surface area contributed by atoms with Crippen LogP contribution in [-0.2, 0) is 4.79 Å². The summed E-state index contributed by atoms with van der Waals surface area (Å²) in [5.41, 5.74) is -0.421. The van der Waals surface area contributed by atoms with Crippen LogP contribution in [0.2, 0.25) is 0 Å². The summed E-state index contributed by atoms with van der Waals surface area (Å²) in [6.07, 6.45) is 8.79. The molecule has 0 bridgehead atoms. The Morgan fingerprint density at radius 1 is 1.41 bits per heavy atom. The first-order valence-corrected chi connectivity index (χ1v) is 6.91. The van der Waals surface area contributed by atoms with Crippen molar-refractivity contribution in [2.45, 2.75) is 32.2 Å². The van der Waals surface area contributed by atoms with Crippen LogP contribution < -0.4 is 0 Å². The number of carbonyl (C=O) groups excluding carboxylic acids is 1. The molecule has 1 unspecified atom stereocenters. The fourth-order valence-corrected chi connectivity index (χ4v) is 3.20. The Morgan fingerprint density at radius 2 is 2.12 bits per heavy atom. The summed E-state index contributed by atoms with van der Waals surface area (Å²) >= 11 is 1.59. The molecule has 17 heavy (non-hydrogen) atoms. The molecule has 1 N–H and O–H groups in total. The summed E-state index contributed by atoms with van der Waals surface area (Å²) in [5.74, 6) is -0.477. The zero-order valence-corrected chi connectivity index (χ0v) is 11.2. The van der Waals surface area contributed by atoms with Gasteiger partial charge in [0.25, 0.3) is 0 Å². The first-order chi connectivity index (χ1) is 7.88. The maximum Gasteiger partial charge on any atom is 0.219 e. The molecule has 0 aromatic heterocycles. The molecule has 0 fully saturated rings. The monoisotopic (exact) mass is 251 g/mol. The normalized spacial score (nSPS) is 31.4. The minimum Gasteiger partial charge on any atom is -0.504 e. The van der Waals surface area contributed by atoms with Crippen LogP contribution in [0.25, 0.3) is 0 Å². The van der Waals surface area contributed by atoms with E-state index in [0.717, 1.165) is 17.9 Å². The molecule has 4 heteroatoms. The largest absolute Gasteiger partial charge is 0.504 e. The highest BCUT2D eigenvalue weighted by atomic mass is 32.2. The topological polar surface area (TPSA) is 49.7 Å². The first kappa shape index (κ1) is 12.4. The van der Waals surface area contributed by atoms with Crippen molar-refractivity contribution >= 4 is 22.6 Å². The van der Waals surface area contributed by atoms with E-state index < -0.39 is 0 Å². The van der Waals surface area contributed by atoms with Gasteiger partial charge in [0.2, 0.25) is 5.78 Å². The number of ketones is 1. The summed E-state index contributed by atoms with van der Waals surface area (Å²) in [6, 6.07) is 0. The van der Waals surface area contributed by atoms with Gasteiger partial charge in [0, 0.05) is 0 Å². The van der Waals surface area contributed by atoms with Crippen LogP contribution in [0.1, 0.15) is 26.7 Å². The van der Waals surface area contributed by atoms with Crippen molar-refractivity contribution in [2.75, 3.05) is 6.26 Å². The molecule has 1 aliphatic carbocycles. The number of aliphatic hydroxyl groups is 1. The van der Waals surface area contributed by atoms with Crippen molar-refractivity contribution in [3.05, 3.63) is 24.0 Å². The van der Waals surface area contributed by atoms with Crippen LogP contribution >= 0.6 is 11.8 Å². The minimum absolute atomic E-state index is 0.0532. The van der Waals surface area contributed by atoms with E-state index in [4.69, 9.17) is 4.99 Å². The van der Waals surface area contributed by atoms with Crippen LogP contribution in [0.5, 0.6) is 0 Å². The maximum atomic E-state index is 11.3. The number of hydrogen-bond donors (Lipinski definition) is 1. The molecule has 0 aromatic carbocycles. The molecule has 1 atom stereocenters. The van der Waals surface area contributed by atoms with Crippen LogP contribution in [0.3, 0.4) is 0 Å². The van der Waals surface area contributed by atoms with E-state index in [2.05, 4.69) is 13.8 Å². The SMILES string of the molecule is CSC1=NC(C)(C)CCC12C=CC(=O)C(O)=C2. The number of thioether (sulfide) groups is 1. The van der Waals surface area contributed by atoms with Gasteiger partial charge in [-0.2, -0.15) is 0 Å². The highest BCUT2D eigenvalue weighted by molar-refractivity contribution is 8.13. The molecule has 2 rings (SSSR count). The molecule has 0 aromatic rings. The fourth-order valence-electron chi connectivity index (χ4n) is 2.25. The lowest BCUT2D eigenvalue weighted by atomic mass is 9.75. The van der Waals surface area contributed by atoms with Gasteiger partial charge in [0.15, 0.2) is 5.76 Å². The Kier molecular flexibility index (Phi) is 2.94. The maximum absolute atomic E-state index is 11.3. The third kappa shape index (κ3) is 2.18. The van der Waals surface area contributed by atoms with E-state index in [-0.39, 0.29) is 22.5 Å². The number of aliphatic hydroxyl groups excluding tert-OH is 1. The van der Waals surface area contributed by atoms with E-state index in [1.54, 1.807) is 17.8 Å². The van der Waals surface area contributed by atoms with Gasteiger partial charge in [0.1, 0.15) is 0 Å². The van der Waals surface area contributed by atoms with Crippen molar-refractivity contribution in [3.63, 3.8) is 0 Å².